The van der Waals surface area contributed by atoms with Crippen LogP contribution in [0.25, 0.3) is 10.9 Å². The lowest BCUT2D eigenvalue weighted by molar-refractivity contribution is 0.0552. The number of fused-ring (bicyclic) bond motifs is 1. The molecular formula is C21H20N4O. The second-order valence-corrected chi connectivity index (χ2v) is 6.63. The van der Waals surface area contributed by atoms with Gasteiger partial charge in [-0.3, -0.25) is 9.69 Å². The molecule has 3 aromatic rings. The van der Waals surface area contributed by atoms with Gasteiger partial charge in [0.1, 0.15) is 6.04 Å². The Labute approximate surface area is 152 Å². The molecule has 0 unspecified atom stereocenters. The lowest BCUT2D eigenvalue weighted by Gasteiger charge is -2.38. The molecule has 26 heavy (non-hydrogen) atoms. The SMILES string of the molecule is N#C[C@H]1CN(C(=O)c2ccc3[nH]ccc3c2)CCN1Cc1ccccc1. The number of nitriles is 1. The van der Waals surface area contributed by atoms with E-state index in [2.05, 4.69) is 28.1 Å². The first-order valence-corrected chi connectivity index (χ1v) is 8.78. The van der Waals surface area contributed by atoms with Crippen molar-refractivity contribution in [2.45, 2.75) is 12.6 Å². The van der Waals surface area contributed by atoms with Crippen LogP contribution in [-0.2, 0) is 6.54 Å². The summed E-state index contributed by atoms with van der Waals surface area (Å²) in [5, 5.41) is 10.6. The number of hydrogen-bond donors (Lipinski definition) is 1. The Balaban J connectivity index is 1.47. The van der Waals surface area contributed by atoms with Gasteiger partial charge >= 0.3 is 0 Å². The fourth-order valence-corrected chi connectivity index (χ4v) is 3.50. The first kappa shape index (κ1) is 16.4. The molecule has 130 valence electrons. The minimum Gasteiger partial charge on any atom is -0.361 e. The quantitative estimate of drug-likeness (QED) is 0.794. The van der Waals surface area contributed by atoms with E-state index in [9.17, 15) is 10.1 Å². The number of H-pyrrole nitrogens is 1. The zero-order valence-electron chi connectivity index (χ0n) is 14.4. The van der Waals surface area contributed by atoms with Crippen LogP contribution in [0.15, 0.2) is 60.8 Å². The molecule has 1 aliphatic heterocycles. The van der Waals surface area contributed by atoms with Crippen LogP contribution in [0.2, 0.25) is 0 Å². The van der Waals surface area contributed by atoms with Crippen LogP contribution >= 0.6 is 0 Å². The summed E-state index contributed by atoms with van der Waals surface area (Å²) in [4.78, 5) is 20.0. The number of amides is 1. The zero-order chi connectivity index (χ0) is 17.9. The Morgan fingerprint density at radius 2 is 2.00 bits per heavy atom. The summed E-state index contributed by atoms with van der Waals surface area (Å²) >= 11 is 0. The second kappa shape index (κ2) is 7.03. The monoisotopic (exact) mass is 344 g/mol. The Morgan fingerprint density at radius 3 is 2.81 bits per heavy atom. The maximum Gasteiger partial charge on any atom is 0.254 e. The van der Waals surface area contributed by atoms with E-state index in [1.54, 1.807) is 4.90 Å². The maximum atomic E-state index is 12.9. The summed E-state index contributed by atoms with van der Waals surface area (Å²) in [6, 6.07) is 19.9. The molecule has 1 aliphatic rings. The van der Waals surface area contributed by atoms with Gasteiger partial charge in [-0.15, -0.1) is 0 Å². The van der Waals surface area contributed by atoms with Crippen LogP contribution in [0.5, 0.6) is 0 Å². The van der Waals surface area contributed by atoms with Gasteiger partial charge in [-0.05, 0) is 29.8 Å². The van der Waals surface area contributed by atoms with Crippen molar-refractivity contribution in [3.05, 3.63) is 71.9 Å². The summed E-state index contributed by atoms with van der Waals surface area (Å²) in [5.41, 5.74) is 2.87. The zero-order valence-corrected chi connectivity index (χ0v) is 14.4. The van der Waals surface area contributed by atoms with Crippen LogP contribution in [0.3, 0.4) is 0 Å². The molecule has 0 spiro atoms. The summed E-state index contributed by atoms with van der Waals surface area (Å²) in [5.74, 6) is -0.00675. The van der Waals surface area contributed by atoms with E-state index in [1.807, 2.05) is 48.7 Å². The molecule has 2 aromatic carbocycles. The Bertz CT molecular complexity index is 957. The van der Waals surface area contributed by atoms with Crippen LogP contribution < -0.4 is 0 Å². The van der Waals surface area contributed by atoms with Gasteiger partial charge in [0.15, 0.2) is 0 Å². The van der Waals surface area contributed by atoms with Crippen molar-refractivity contribution in [3.63, 3.8) is 0 Å². The molecule has 1 amide bonds. The van der Waals surface area contributed by atoms with Crippen molar-refractivity contribution >= 4 is 16.8 Å². The molecule has 1 saturated heterocycles. The van der Waals surface area contributed by atoms with E-state index < -0.39 is 0 Å². The van der Waals surface area contributed by atoms with E-state index in [4.69, 9.17) is 0 Å². The highest BCUT2D eigenvalue weighted by molar-refractivity contribution is 5.98. The third kappa shape index (κ3) is 3.19. The molecule has 0 bridgehead atoms. The lowest BCUT2D eigenvalue weighted by atomic mass is 10.1. The van der Waals surface area contributed by atoms with Gasteiger partial charge in [-0.25, -0.2) is 0 Å². The number of benzene rings is 2. The fourth-order valence-electron chi connectivity index (χ4n) is 3.50. The number of piperazine rings is 1. The van der Waals surface area contributed by atoms with Crippen molar-refractivity contribution in [2.75, 3.05) is 19.6 Å². The van der Waals surface area contributed by atoms with Gasteiger partial charge in [0.05, 0.1) is 6.07 Å². The normalized spacial score (nSPS) is 18.0. The average Bonchev–Trinajstić information content (AvgIpc) is 3.16. The van der Waals surface area contributed by atoms with Crippen LogP contribution in [-0.4, -0.2) is 46.4 Å². The van der Waals surface area contributed by atoms with Gasteiger partial charge < -0.3 is 9.88 Å². The Morgan fingerprint density at radius 1 is 1.15 bits per heavy atom. The molecule has 0 aliphatic carbocycles. The van der Waals surface area contributed by atoms with Gasteiger partial charge in [-0.1, -0.05) is 30.3 Å². The highest BCUT2D eigenvalue weighted by atomic mass is 16.2. The number of carbonyl (C=O) groups excluding carboxylic acids is 1. The van der Waals surface area contributed by atoms with Gasteiger partial charge in [0.25, 0.3) is 5.91 Å². The molecule has 0 radical (unpaired) electrons. The molecule has 1 aromatic heterocycles. The summed E-state index contributed by atoms with van der Waals surface area (Å²) in [7, 11) is 0. The van der Waals surface area contributed by atoms with E-state index in [0.717, 1.165) is 17.4 Å². The smallest absolute Gasteiger partial charge is 0.254 e. The summed E-state index contributed by atoms with van der Waals surface area (Å²) < 4.78 is 0. The topological polar surface area (TPSA) is 63.1 Å². The molecule has 1 fully saturated rings. The van der Waals surface area contributed by atoms with Gasteiger partial charge in [-0.2, -0.15) is 5.26 Å². The van der Waals surface area contributed by atoms with Gasteiger partial charge in [0, 0.05) is 48.8 Å². The summed E-state index contributed by atoms with van der Waals surface area (Å²) in [6.07, 6.45) is 1.87. The van der Waals surface area contributed by atoms with Crippen LogP contribution in [0, 0.1) is 11.3 Å². The standard InChI is InChI=1S/C21H20N4O/c22-13-19-15-25(11-10-24(19)14-16-4-2-1-3-5-16)21(26)18-6-7-20-17(12-18)8-9-23-20/h1-9,12,19,23H,10-11,14-15H2/t19-/m0/s1. The number of hydrogen-bond acceptors (Lipinski definition) is 3. The molecule has 2 heterocycles. The number of carbonyl (C=O) groups is 1. The second-order valence-electron chi connectivity index (χ2n) is 6.63. The first-order chi connectivity index (χ1) is 12.7. The van der Waals surface area contributed by atoms with Crippen molar-refractivity contribution in [1.82, 2.24) is 14.8 Å². The molecule has 4 rings (SSSR count). The highest BCUT2D eigenvalue weighted by Crippen LogP contribution is 2.19. The lowest BCUT2D eigenvalue weighted by Crippen LogP contribution is -2.53. The third-order valence-electron chi connectivity index (χ3n) is 4.96. The van der Waals surface area contributed by atoms with Crippen molar-refractivity contribution in [1.29, 1.82) is 5.26 Å². The highest BCUT2D eigenvalue weighted by Gasteiger charge is 2.30. The fraction of sp³-hybridized carbons (Fsp3) is 0.238. The van der Waals surface area contributed by atoms with Gasteiger partial charge in [0.2, 0.25) is 0 Å². The predicted octanol–water partition coefficient (Wildman–Crippen LogP) is 3.02. The van der Waals surface area contributed by atoms with E-state index >= 15 is 0 Å². The van der Waals surface area contributed by atoms with Crippen molar-refractivity contribution < 1.29 is 4.79 Å². The molecule has 1 atom stereocenters. The van der Waals surface area contributed by atoms with E-state index in [0.29, 0.717) is 25.2 Å². The van der Waals surface area contributed by atoms with E-state index in [1.165, 1.54) is 5.56 Å². The largest absolute Gasteiger partial charge is 0.361 e. The number of aromatic amines is 1. The average molecular weight is 344 g/mol. The number of nitrogens with one attached hydrogen (secondary N) is 1. The van der Waals surface area contributed by atoms with Crippen LogP contribution in [0.1, 0.15) is 15.9 Å². The Kier molecular flexibility index (Phi) is 4.42. The summed E-state index contributed by atoms with van der Waals surface area (Å²) in [6.45, 7) is 2.50. The maximum absolute atomic E-state index is 12.9. The number of aromatic nitrogens is 1. The van der Waals surface area contributed by atoms with Crippen LogP contribution in [0.4, 0.5) is 0 Å². The van der Waals surface area contributed by atoms with E-state index in [-0.39, 0.29) is 11.9 Å². The number of rotatable bonds is 3. The first-order valence-electron chi connectivity index (χ1n) is 8.78. The third-order valence-corrected chi connectivity index (χ3v) is 4.96. The molecular weight excluding hydrogens is 324 g/mol. The number of nitrogens with zero attached hydrogens (tertiary/aromatic N) is 3. The molecule has 5 heteroatoms. The minimum absolute atomic E-state index is 0.00675. The predicted molar refractivity (Wildman–Crippen MR) is 100 cm³/mol. The molecule has 5 nitrogen and oxygen atoms in total. The molecule has 0 saturated carbocycles. The van der Waals surface area contributed by atoms with Crippen molar-refractivity contribution in [3.8, 4) is 6.07 Å². The minimum atomic E-state index is -0.288. The molecule has 1 N–H and O–H groups in total. The van der Waals surface area contributed by atoms with Crippen molar-refractivity contribution in [2.24, 2.45) is 0 Å². The Hall–Kier alpha value is -3.10.